The SMILES string of the molecule is CC(N)Cn1c(Br)cc2cccnc21. The van der Waals surface area contributed by atoms with Crippen LogP contribution in [0.3, 0.4) is 0 Å². The van der Waals surface area contributed by atoms with Crippen molar-refractivity contribution in [2.24, 2.45) is 5.73 Å². The van der Waals surface area contributed by atoms with Crippen LogP contribution in [0.25, 0.3) is 11.0 Å². The fourth-order valence-corrected chi connectivity index (χ4v) is 2.08. The highest BCUT2D eigenvalue weighted by atomic mass is 79.9. The minimum absolute atomic E-state index is 0.129. The van der Waals surface area contributed by atoms with E-state index in [4.69, 9.17) is 5.73 Å². The Bertz CT molecular complexity index is 448. The molecule has 0 spiro atoms. The van der Waals surface area contributed by atoms with Gasteiger partial charge in [-0.2, -0.15) is 0 Å². The van der Waals surface area contributed by atoms with Crippen LogP contribution < -0.4 is 5.73 Å². The number of hydrogen-bond acceptors (Lipinski definition) is 2. The van der Waals surface area contributed by atoms with Crippen LogP contribution in [-0.4, -0.2) is 15.6 Å². The third kappa shape index (κ3) is 1.67. The molecule has 2 rings (SSSR count). The van der Waals surface area contributed by atoms with Gasteiger partial charge in [-0.3, -0.25) is 0 Å². The predicted molar refractivity (Wildman–Crippen MR) is 61.1 cm³/mol. The van der Waals surface area contributed by atoms with Gasteiger partial charge < -0.3 is 10.3 Å². The highest BCUT2D eigenvalue weighted by molar-refractivity contribution is 9.10. The first kappa shape index (κ1) is 9.68. The number of nitrogens with two attached hydrogens (primary N) is 1. The summed E-state index contributed by atoms with van der Waals surface area (Å²) in [7, 11) is 0. The van der Waals surface area contributed by atoms with Gasteiger partial charge in [0.15, 0.2) is 0 Å². The average molecular weight is 254 g/mol. The maximum absolute atomic E-state index is 5.77. The number of aromatic nitrogens is 2. The maximum Gasteiger partial charge on any atom is 0.140 e. The lowest BCUT2D eigenvalue weighted by Gasteiger charge is -2.08. The minimum atomic E-state index is 0.129. The summed E-state index contributed by atoms with van der Waals surface area (Å²) in [6, 6.07) is 6.17. The lowest BCUT2D eigenvalue weighted by atomic mass is 10.3. The normalized spacial score (nSPS) is 13.4. The van der Waals surface area contributed by atoms with E-state index >= 15 is 0 Å². The molecule has 0 radical (unpaired) electrons. The molecule has 2 heterocycles. The number of pyridine rings is 1. The monoisotopic (exact) mass is 253 g/mol. The fraction of sp³-hybridized carbons (Fsp3) is 0.300. The molecule has 14 heavy (non-hydrogen) atoms. The van der Waals surface area contributed by atoms with Gasteiger partial charge in [-0.25, -0.2) is 4.98 Å². The summed E-state index contributed by atoms with van der Waals surface area (Å²) in [6.45, 7) is 2.77. The van der Waals surface area contributed by atoms with Crippen molar-refractivity contribution in [3.8, 4) is 0 Å². The van der Waals surface area contributed by atoms with Crippen LogP contribution in [-0.2, 0) is 6.54 Å². The Balaban J connectivity index is 2.56. The molecule has 0 saturated heterocycles. The summed E-state index contributed by atoms with van der Waals surface area (Å²) in [5, 5.41) is 1.14. The van der Waals surface area contributed by atoms with E-state index in [0.29, 0.717) is 0 Å². The quantitative estimate of drug-likeness (QED) is 0.892. The molecule has 0 bridgehead atoms. The van der Waals surface area contributed by atoms with Gasteiger partial charge in [0, 0.05) is 24.2 Å². The van der Waals surface area contributed by atoms with Crippen LogP contribution in [0, 0.1) is 0 Å². The van der Waals surface area contributed by atoms with Crippen LogP contribution in [0.4, 0.5) is 0 Å². The van der Waals surface area contributed by atoms with E-state index < -0.39 is 0 Å². The van der Waals surface area contributed by atoms with Crippen LogP contribution in [0.15, 0.2) is 29.0 Å². The molecule has 0 amide bonds. The van der Waals surface area contributed by atoms with Crippen molar-refractivity contribution < 1.29 is 0 Å². The van der Waals surface area contributed by atoms with E-state index in [-0.39, 0.29) is 6.04 Å². The molecule has 0 aliphatic heterocycles. The molecule has 0 aliphatic carbocycles. The molecule has 0 saturated carbocycles. The van der Waals surface area contributed by atoms with Crippen molar-refractivity contribution in [2.75, 3.05) is 0 Å². The summed E-state index contributed by atoms with van der Waals surface area (Å²) in [4.78, 5) is 4.33. The Morgan fingerprint density at radius 3 is 3.14 bits per heavy atom. The molecule has 4 heteroatoms. The van der Waals surface area contributed by atoms with Crippen molar-refractivity contribution in [1.82, 2.24) is 9.55 Å². The molecule has 2 aromatic heterocycles. The summed E-state index contributed by atoms with van der Waals surface area (Å²) in [5.74, 6) is 0. The molecule has 2 aromatic rings. The first-order chi connectivity index (χ1) is 6.68. The summed E-state index contributed by atoms with van der Waals surface area (Å²) in [6.07, 6.45) is 1.80. The van der Waals surface area contributed by atoms with E-state index in [1.165, 1.54) is 0 Å². The van der Waals surface area contributed by atoms with E-state index in [1.54, 1.807) is 6.20 Å². The van der Waals surface area contributed by atoms with Gasteiger partial charge in [-0.15, -0.1) is 0 Å². The van der Waals surface area contributed by atoms with Gasteiger partial charge in [0.2, 0.25) is 0 Å². The lowest BCUT2D eigenvalue weighted by Crippen LogP contribution is -2.22. The molecule has 0 aromatic carbocycles. The van der Waals surface area contributed by atoms with Crippen LogP contribution in [0.1, 0.15) is 6.92 Å². The van der Waals surface area contributed by atoms with E-state index in [9.17, 15) is 0 Å². The minimum Gasteiger partial charge on any atom is -0.326 e. The molecule has 0 fully saturated rings. The van der Waals surface area contributed by atoms with Crippen molar-refractivity contribution in [3.63, 3.8) is 0 Å². The smallest absolute Gasteiger partial charge is 0.140 e. The third-order valence-electron chi connectivity index (χ3n) is 2.08. The predicted octanol–water partition coefficient (Wildman–Crippen LogP) is 2.15. The van der Waals surface area contributed by atoms with Crippen molar-refractivity contribution in [3.05, 3.63) is 29.0 Å². The zero-order valence-electron chi connectivity index (χ0n) is 7.94. The number of rotatable bonds is 2. The molecule has 2 N–H and O–H groups in total. The van der Waals surface area contributed by atoms with E-state index in [1.807, 2.05) is 19.1 Å². The lowest BCUT2D eigenvalue weighted by molar-refractivity contribution is 0.594. The van der Waals surface area contributed by atoms with Gasteiger partial charge in [0.05, 0.1) is 4.60 Å². The van der Waals surface area contributed by atoms with Gasteiger partial charge in [-0.05, 0) is 41.1 Å². The van der Waals surface area contributed by atoms with Crippen molar-refractivity contribution in [1.29, 1.82) is 0 Å². The molecular weight excluding hydrogens is 242 g/mol. The maximum atomic E-state index is 5.77. The Kier molecular flexibility index (Phi) is 2.56. The van der Waals surface area contributed by atoms with E-state index in [2.05, 4.69) is 31.5 Å². The highest BCUT2D eigenvalue weighted by Crippen LogP contribution is 2.22. The number of hydrogen-bond donors (Lipinski definition) is 1. The standard InChI is InChI=1S/C10H12BrN3/c1-7(12)6-14-9(11)5-8-3-2-4-13-10(8)14/h2-5,7H,6,12H2,1H3. The summed E-state index contributed by atoms with van der Waals surface area (Å²) < 4.78 is 3.11. The second-order valence-electron chi connectivity index (χ2n) is 3.47. The molecular formula is C10H12BrN3. The van der Waals surface area contributed by atoms with Crippen LogP contribution >= 0.6 is 15.9 Å². The fourth-order valence-electron chi connectivity index (χ4n) is 1.52. The highest BCUT2D eigenvalue weighted by Gasteiger charge is 2.08. The van der Waals surface area contributed by atoms with Crippen LogP contribution in [0.5, 0.6) is 0 Å². The molecule has 74 valence electrons. The summed E-state index contributed by atoms with van der Waals surface area (Å²) >= 11 is 3.51. The molecule has 1 unspecified atom stereocenters. The second kappa shape index (κ2) is 3.71. The van der Waals surface area contributed by atoms with Gasteiger partial charge in [-0.1, -0.05) is 0 Å². The summed E-state index contributed by atoms with van der Waals surface area (Å²) in [5.41, 5.74) is 6.76. The van der Waals surface area contributed by atoms with Crippen molar-refractivity contribution in [2.45, 2.75) is 19.5 Å². The average Bonchev–Trinajstić information content (AvgIpc) is 2.43. The Labute approximate surface area is 91.1 Å². The second-order valence-corrected chi connectivity index (χ2v) is 4.28. The zero-order chi connectivity index (χ0) is 10.1. The Hall–Kier alpha value is -0.870. The zero-order valence-corrected chi connectivity index (χ0v) is 9.53. The first-order valence-corrected chi connectivity index (χ1v) is 5.33. The molecule has 3 nitrogen and oxygen atoms in total. The third-order valence-corrected chi connectivity index (χ3v) is 2.73. The van der Waals surface area contributed by atoms with Crippen LogP contribution in [0.2, 0.25) is 0 Å². The number of nitrogens with zero attached hydrogens (tertiary/aromatic N) is 2. The first-order valence-electron chi connectivity index (χ1n) is 4.54. The topological polar surface area (TPSA) is 43.8 Å². The molecule has 0 aliphatic rings. The van der Waals surface area contributed by atoms with Crippen molar-refractivity contribution >= 4 is 27.0 Å². The number of fused-ring (bicyclic) bond motifs is 1. The Morgan fingerprint density at radius 1 is 1.64 bits per heavy atom. The van der Waals surface area contributed by atoms with E-state index in [0.717, 1.165) is 22.2 Å². The van der Waals surface area contributed by atoms with Gasteiger partial charge >= 0.3 is 0 Å². The molecule has 1 atom stereocenters. The number of halogens is 1. The largest absolute Gasteiger partial charge is 0.326 e. The Morgan fingerprint density at radius 2 is 2.43 bits per heavy atom. The van der Waals surface area contributed by atoms with Gasteiger partial charge in [0.1, 0.15) is 5.65 Å². The van der Waals surface area contributed by atoms with Gasteiger partial charge in [0.25, 0.3) is 0 Å².